The zero-order valence-electron chi connectivity index (χ0n) is 11.1. The largest absolute Gasteiger partial charge is 0.451 e. The normalized spacial score (nSPS) is 10.6. The van der Waals surface area contributed by atoms with Gasteiger partial charge in [-0.05, 0) is 42.5 Å². The van der Waals surface area contributed by atoms with E-state index in [4.69, 9.17) is 16.0 Å². The summed E-state index contributed by atoms with van der Waals surface area (Å²) in [5.74, 6) is -1.14. The van der Waals surface area contributed by atoms with Crippen molar-refractivity contribution >= 4 is 34.2 Å². The Morgan fingerprint density at radius 3 is 2.55 bits per heavy atom. The molecule has 0 unspecified atom stereocenters. The molecule has 0 saturated heterocycles. The first-order chi connectivity index (χ1) is 10.5. The van der Waals surface area contributed by atoms with Crippen molar-refractivity contribution in [3.05, 3.63) is 75.4 Å². The summed E-state index contributed by atoms with van der Waals surface area (Å²) < 4.78 is 18.2. The summed E-state index contributed by atoms with van der Waals surface area (Å²) in [7, 11) is 0. The molecule has 6 heteroatoms. The SMILES string of the molecule is O=C(Nc1ccc(F)cc1)c1cc(=O)c2cc(Cl)ccc2o1. The van der Waals surface area contributed by atoms with Gasteiger partial charge in [0, 0.05) is 16.8 Å². The first-order valence-electron chi connectivity index (χ1n) is 6.33. The smallest absolute Gasteiger partial charge is 0.291 e. The Morgan fingerprint density at radius 2 is 1.82 bits per heavy atom. The van der Waals surface area contributed by atoms with Crippen LogP contribution in [0.4, 0.5) is 10.1 Å². The van der Waals surface area contributed by atoms with E-state index in [-0.39, 0.29) is 16.8 Å². The Kier molecular flexibility index (Phi) is 3.65. The molecule has 0 fully saturated rings. The van der Waals surface area contributed by atoms with Crippen LogP contribution >= 0.6 is 11.6 Å². The highest BCUT2D eigenvalue weighted by atomic mass is 35.5. The van der Waals surface area contributed by atoms with Gasteiger partial charge in [-0.2, -0.15) is 0 Å². The summed E-state index contributed by atoms with van der Waals surface area (Å²) >= 11 is 5.82. The number of amides is 1. The van der Waals surface area contributed by atoms with Gasteiger partial charge in [-0.15, -0.1) is 0 Å². The monoisotopic (exact) mass is 317 g/mol. The van der Waals surface area contributed by atoms with Gasteiger partial charge in [0.1, 0.15) is 11.4 Å². The summed E-state index contributed by atoms with van der Waals surface area (Å²) in [5, 5.41) is 3.23. The number of hydrogen-bond donors (Lipinski definition) is 1. The topological polar surface area (TPSA) is 59.3 Å². The highest BCUT2D eigenvalue weighted by Gasteiger charge is 2.13. The van der Waals surface area contributed by atoms with Gasteiger partial charge in [-0.25, -0.2) is 4.39 Å². The minimum absolute atomic E-state index is 0.135. The molecule has 0 aliphatic rings. The maximum atomic E-state index is 12.8. The van der Waals surface area contributed by atoms with Crippen molar-refractivity contribution in [1.82, 2.24) is 0 Å². The zero-order valence-corrected chi connectivity index (χ0v) is 11.9. The van der Waals surface area contributed by atoms with Crippen LogP contribution in [0.15, 0.2) is 57.7 Å². The van der Waals surface area contributed by atoms with Gasteiger partial charge < -0.3 is 9.73 Å². The average molecular weight is 318 g/mol. The zero-order chi connectivity index (χ0) is 15.7. The molecule has 4 nitrogen and oxygen atoms in total. The van der Waals surface area contributed by atoms with Gasteiger partial charge in [-0.3, -0.25) is 9.59 Å². The van der Waals surface area contributed by atoms with Gasteiger partial charge in [0.05, 0.1) is 5.39 Å². The maximum absolute atomic E-state index is 12.8. The van der Waals surface area contributed by atoms with Gasteiger partial charge in [0.2, 0.25) is 0 Å². The highest BCUT2D eigenvalue weighted by Crippen LogP contribution is 2.18. The Balaban J connectivity index is 1.96. The van der Waals surface area contributed by atoms with Crippen molar-refractivity contribution in [2.75, 3.05) is 5.32 Å². The number of fused-ring (bicyclic) bond motifs is 1. The van der Waals surface area contributed by atoms with Crippen LogP contribution in [0, 0.1) is 5.82 Å². The molecule has 110 valence electrons. The van der Waals surface area contributed by atoms with Crippen LogP contribution in [0.25, 0.3) is 11.0 Å². The molecule has 0 aliphatic carbocycles. The van der Waals surface area contributed by atoms with Gasteiger partial charge in [0.15, 0.2) is 11.2 Å². The fraction of sp³-hybridized carbons (Fsp3) is 0. The molecule has 0 aliphatic heterocycles. The lowest BCUT2D eigenvalue weighted by Crippen LogP contribution is -2.14. The van der Waals surface area contributed by atoms with E-state index in [0.29, 0.717) is 16.1 Å². The molecular weight excluding hydrogens is 309 g/mol. The number of benzene rings is 2. The van der Waals surface area contributed by atoms with Crippen molar-refractivity contribution < 1.29 is 13.6 Å². The standard InChI is InChI=1S/C16H9ClFNO3/c17-9-1-6-14-12(7-9)13(20)8-15(22-14)16(21)19-11-4-2-10(18)3-5-11/h1-8H,(H,19,21). The molecule has 0 atom stereocenters. The number of anilines is 1. The van der Waals surface area contributed by atoms with E-state index >= 15 is 0 Å². The lowest BCUT2D eigenvalue weighted by Gasteiger charge is -2.05. The number of carbonyl (C=O) groups is 1. The summed E-state index contributed by atoms with van der Waals surface area (Å²) in [6.07, 6.45) is 0. The Labute approximate surface area is 129 Å². The second-order valence-corrected chi connectivity index (χ2v) is 5.01. The lowest BCUT2D eigenvalue weighted by molar-refractivity contribution is 0.0997. The fourth-order valence-corrected chi connectivity index (χ4v) is 2.14. The van der Waals surface area contributed by atoms with Crippen LogP contribution in [-0.4, -0.2) is 5.91 Å². The maximum Gasteiger partial charge on any atom is 0.291 e. The van der Waals surface area contributed by atoms with Crippen molar-refractivity contribution in [2.24, 2.45) is 0 Å². The van der Waals surface area contributed by atoms with Crippen LogP contribution in [-0.2, 0) is 0 Å². The van der Waals surface area contributed by atoms with Crippen LogP contribution in [0.1, 0.15) is 10.6 Å². The minimum Gasteiger partial charge on any atom is -0.451 e. The van der Waals surface area contributed by atoms with E-state index in [1.807, 2.05) is 0 Å². The molecule has 2 aromatic carbocycles. The minimum atomic E-state index is -0.597. The van der Waals surface area contributed by atoms with E-state index in [1.165, 1.54) is 36.4 Å². The van der Waals surface area contributed by atoms with Gasteiger partial charge in [-0.1, -0.05) is 11.6 Å². The highest BCUT2D eigenvalue weighted by molar-refractivity contribution is 6.31. The van der Waals surface area contributed by atoms with E-state index in [9.17, 15) is 14.0 Å². The van der Waals surface area contributed by atoms with E-state index in [0.717, 1.165) is 6.07 Å². The predicted octanol–water partition coefficient (Wildman–Crippen LogP) is 3.84. The molecule has 1 N–H and O–H groups in total. The van der Waals surface area contributed by atoms with Crippen molar-refractivity contribution in [1.29, 1.82) is 0 Å². The third-order valence-corrected chi connectivity index (χ3v) is 3.25. The Bertz CT molecular complexity index is 919. The molecule has 0 radical (unpaired) electrons. The molecule has 1 amide bonds. The fourth-order valence-electron chi connectivity index (χ4n) is 1.97. The van der Waals surface area contributed by atoms with E-state index in [2.05, 4.69) is 5.32 Å². The molecular formula is C16H9ClFNO3. The third kappa shape index (κ3) is 2.84. The number of nitrogens with one attached hydrogen (secondary N) is 1. The summed E-state index contributed by atoms with van der Waals surface area (Å²) in [6.45, 7) is 0. The summed E-state index contributed by atoms with van der Waals surface area (Å²) in [6, 6.07) is 10.9. The Morgan fingerprint density at radius 1 is 1.09 bits per heavy atom. The van der Waals surface area contributed by atoms with Crippen molar-refractivity contribution in [2.45, 2.75) is 0 Å². The summed E-state index contributed by atoms with van der Waals surface area (Å²) in [4.78, 5) is 24.1. The molecule has 0 bridgehead atoms. The Hall–Kier alpha value is -2.66. The molecule has 1 heterocycles. The first kappa shape index (κ1) is 14.3. The number of halogens is 2. The predicted molar refractivity (Wildman–Crippen MR) is 81.8 cm³/mol. The van der Waals surface area contributed by atoms with Gasteiger partial charge >= 0.3 is 0 Å². The van der Waals surface area contributed by atoms with Crippen LogP contribution in [0.3, 0.4) is 0 Å². The van der Waals surface area contributed by atoms with E-state index in [1.54, 1.807) is 6.07 Å². The number of rotatable bonds is 2. The molecule has 22 heavy (non-hydrogen) atoms. The number of hydrogen-bond acceptors (Lipinski definition) is 3. The lowest BCUT2D eigenvalue weighted by atomic mass is 10.2. The van der Waals surface area contributed by atoms with Crippen LogP contribution in [0.5, 0.6) is 0 Å². The summed E-state index contributed by atoms with van der Waals surface area (Å²) in [5.41, 5.74) is 0.291. The second kappa shape index (κ2) is 5.61. The number of carbonyl (C=O) groups excluding carboxylic acids is 1. The second-order valence-electron chi connectivity index (χ2n) is 4.58. The first-order valence-corrected chi connectivity index (χ1v) is 6.71. The molecule has 1 aromatic heterocycles. The van der Waals surface area contributed by atoms with Crippen molar-refractivity contribution in [3.63, 3.8) is 0 Å². The van der Waals surface area contributed by atoms with Crippen molar-refractivity contribution in [3.8, 4) is 0 Å². The van der Waals surface area contributed by atoms with E-state index < -0.39 is 11.7 Å². The average Bonchev–Trinajstić information content (AvgIpc) is 2.50. The van der Waals surface area contributed by atoms with Crippen LogP contribution in [0.2, 0.25) is 5.02 Å². The molecule has 0 spiro atoms. The quantitative estimate of drug-likeness (QED) is 0.781. The molecule has 0 saturated carbocycles. The van der Waals surface area contributed by atoms with Crippen LogP contribution < -0.4 is 10.7 Å². The molecule has 3 aromatic rings. The third-order valence-electron chi connectivity index (χ3n) is 3.02. The molecule has 3 rings (SSSR count). The van der Waals surface area contributed by atoms with Gasteiger partial charge in [0.25, 0.3) is 5.91 Å².